The second-order valence-corrected chi connectivity index (χ2v) is 5.88. The molecule has 1 unspecified atom stereocenters. The van der Waals surface area contributed by atoms with Crippen LogP contribution in [0.5, 0.6) is 0 Å². The third-order valence-corrected chi connectivity index (χ3v) is 4.26. The molecule has 2 amide bonds. The Labute approximate surface area is 133 Å². The summed E-state index contributed by atoms with van der Waals surface area (Å²) in [5, 5.41) is 5.68. The molecular weight excluding hydrogens is 300 g/mol. The number of nitrogens with one attached hydrogen (secondary N) is 1. The van der Waals surface area contributed by atoms with Gasteiger partial charge in [-0.2, -0.15) is 0 Å². The van der Waals surface area contributed by atoms with Crippen molar-refractivity contribution in [2.45, 2.75) is 13.0 Å². The number of carbonyl (C=O) groups is 2. The largest absolute Gasteiger partial charge is 0.366 e. The summed E-state index contributed by atoms with van der Waals surface area (Å²) >= 11 is 1.57. The lowest BCUT2D eigenvalue weighted by Gasteiger charge is -2.22. The highest BCUT2D eigenvalue weighted by Gasteiger charge is 2.16. The summed E-state index contributed by atoms with van der Waals surface area (Å²) in [5.41, 5.74) is 6.21. The molecule has 0 saturated carbocycles. The van der Waals surface area contributed by atoms with Crippen LogP contribution in [0.2, 0.25) is 0 Å². The number of nitrogens with zero attached hydrogens (tertiary/aromatic N) is 2. The smallest absolute Gasteiger partial charge is 0.248 e. The Bertz CT molecular complexity index is 640. The number of benzene rings is 1. The highest BCUT2D eigenvalue weighted by Crippen LogP contribution is 2.20. The third kappa shape index (κ3) is 4.12. The van der Waals surface area contributed by atoms with Gasteiger partial charge in [0.25, 0.3) is 0 Å². The Balaban J connectivity index is 1.90. The van der Waals surface area contributed by atoms with E-state index in [4.69, 9.17) is 5.73 Å². The van der Waals surface area contributed by atoms with Crippen LogP contribution >= 0.6 is 11.3 Å². The van der Waals surface area contributed by atoms with Crippen LogP contribution in [-0.2, 0) is 4.79 Å². The van der Waals surface area contributed by atoms with Gasteiger partial charge in [-0.3, -0.25) is 14.5 Å². The summed E-state index contributed by atoms with van der Waals surface area (Å²) in [6, 6.07) is 6.55. The molecule has 6 nitrogen and oxygen atoms in total. The number of anilines is 1. The number of thiazole rings is 1. The first-order valence-corrected chi connectivity index (χ1v) is 7.64. The number of primary amides is 1. The molecule has 2 aromatic rings. The van der Waals surface area contributed by atoms with Crippen LogP contribution in [0.25, 0.3) is 0 Å². The van der Waals surface area contributed by atoms with E-state index >= 15 is 0 Å². The topological polar surface area (TPSA) is 88.3 Å². The maximum atomic E-state index is 12.1. The summed E-state index contributed by atoms with van der Waals surface area (Å²) in [6.07, 6.45) is 1.75. The second-order valence-electron chi connectivity index (χ2n) is 4.95. The fraction of sp³-hybridized carbons (Fsp3) is 0.267. The molecule has 0 aliphatic heterocycles. The number of hydrogen-bond donors (Lipinski definition) is 2. The van der Waals surface area contributed by atoms with Crippen LogP contribution < -0.4 is 11.1 Å². The van der Waals surface area contributed by atoms with Gasteiger partial charge in [-0.1, -0.05) is 0 Å². The average molecular weight is 318 g/mol. The molecule has 1 heterocycles. The van der Waals surface area contributed by atoms with Crippen molar-refractivity contribution in [1.82, 2.24) is 9.88 Å². The van der Waals surface area contributed by atoms with E-state index in [0.29, 0.717) is 11.3 Å². The predicted molar refractivity (Wildman–Crippen MR) is 86.7 cm³/mol. The van der Waals surface area contributed by atoms with E-state index in [-0.39, 0.29) is 18.5 Å². The molecule has 1 aromatic carbocycles. The van der Waals surface area contributed by atoms with Gasteiger partial charge >= 0.3 is 0 Å². The minimum Gasteiger partial charge on any atom is -0.366 e. The van der Waals surface area contributed by atoms with E-state index in [1.807, 2.05) is 24.3 Å². The molecule has 0 radical (unpaired) electrons. The normalized spacial score (nSPS) is 12.1. The third-order valence-electron chi connectivity index (χ3n) is 3.32. The molecular formula is C15H18N4O2S. The lowest BCUT2D eigenvalue weighted by atomic mass is 10.2. The van der Waals surface area contributed by atoms with Crippen molar-refractivity contribution in [2.24, 2.45) is 5.73 Å². The number of amides is 2. The lowest BCUT2D eigenvalue weighted by molar-refractivity contribution is -0.117. The molecule has 1 aromatic heterocycles. The number of carbonyl (C=O) groups excluding carboxylic acids is 2. The van der Waals surface area contributed by atoms with Crippen molar-refractivity contribution in [1.29, 1.82) is 0 Å². The Morgan fingerprint density at radius 2 is 2.05 bits per heavy atom. The first kappa shape index (κ1) is 16.1. The zero-order chi connectivity index (χ0) is 16.1. The highest BCUT2D eigenvalue weighted by molar-refractivity contribution is 7.09. The quantitative estimate of drug-likeness (QED) is 0.851. The van der Waals surface area contributed by atoms with Crippen molar-refractivity contribution in [2.75, 3.05) is 18.9 Å². The number of hydrogen-bond acceptors (Lipinski definition) is 5. The molecule has 0 spiro atoms. The van der Waals surface area contributed by atoms with Gasteiger partial charge in [-0.15, -0.1) is 11.3 Å². The molecule has 116 valence electrons. The van der Waals surface area contributed by atoms with Crippen LogP contribution in [0.1, 0.15) is 28.3 Å². The second kappa shape index (κ2) is 7.15. The Morgan fingerprint density at radius 1 is 1.36 bits per heavy atom. The molecule has 0 aliphatic carbocycles. The first-order valence-electron chi connectivity index (χ1n) is 6.76. The number of likely N-dealkylation sites (N-methyl/N-ethyl adjacent to an activating group) is 1. The Morgan fingerprint density at radius 3 is 2.59 bits per heavy atom. The molecule has 0 aliphatic rings. The maximum Gasteiger partial charge on any atom is 0.248 e. The molecule has 22 heavy (non-hydrogen) atoms. The molecule has 0 bridgehead atoms. The summed E-state index contributed by atoms with van der Waals surface area (Å²) < 4.78 is 0. The standard InChI is InChI=1S/C15H18N4O2S/c1-10(15-17-7-8-22-15)19(2)9-13(20)18-12-5-3-11(4-6-12)14(16)21/h3-8,10H,9H2,1-2H3,(H2,16,21)(H,18,20). The lowest BCUT2D eigenvalue weighted by Crippen LogP contribution is -2.32. The van der Waals surface area contributed by atoms with Crippen molar-refractivity contribution >= 4 is 28.8 Å². The van der Waals surface area contributed by atoms with Crippen LogP contribution in [0.4, 0.5) is 5.69 Å². The van der Waals surface area contributed by atoms with E-state index in [0.717, 1.165) is 5.01 Å². The zero-order valence-corrected chi connectivity index (χ0v) is 13.3. The summed E-state index contributed by atoms with van der Waals surface area (Å²) in [6.45, 7) is 2.26. The van der Waals surface area contributed by atoms with Crippen molar-refractivity contribution in [3.8, 4) is 0 Å². The van der Waals surface area contributed by atoms with E-state index in [2.05, 4.69) is 10.3 Å². The van der Waals surface area contributed by atoms with Crippen LogP contribution in [-0.4, -0.2) is 35.3 Å². The number of rotatable bonds is 6. The van der Waals surface area contributed by atoms with Gasteiger partial charge in [-0.25, -0.2) is 4.98 Å². The summed E-state index contributed by atoms with van der Waals surface area (Å²) in [7, 11) is 1.88. The number of nitrogens with two attached hydrogens (primary N) is 1. The van der Waals surface area contributed by atoms with Crippen LogP contribution in [0, 0.1) is 0 Å². The fourth-order valence-corrected chi connectivity index (χ4v) is 2.67. The van der Waals surface area contributed by atoms with Crippen molar-refractivity contribution < 1.29 is 9.59 Å². The monoisotopic (exact) mass is 318 g/mol. The Hall–Kier alpha value is -2.25. The van der Waals surface area contributed by atoms with E-state index < -0.39 is 5.91 Å². The molecule has 0 fully saturated rings. The molecule has 7 heteroatoms. The predicted octanol–water partition coefficient (Wildman–Crippen LogP) is 1.87. The fourth-order valence-electron chi connectivity index (χ4n) is 1.91. The van der Waals surface area contributed by atoms with E-state index in [9.17, 15) is 9.59 Å². The van der Waals surface area contributed by atoms with Gasteiger partial charge in [0.2, 0.25) is 11.8 Å². The van der Waals surface area contributed by atoms with Crippen molar-refractivity contribution in [3.05, 3.63) is 46.4 Å². The minimum atomic E-state index is -0.491. The SMILES string of the molecule is CC(c1nccs1)N(C)CC(=O)Nc1ccc(C(N)=O)cc1. The minimum absolute atomic E-state index is 0.0722. The Kier molecular flexibility index (Phi) is 5.24. The van der Waals surface area contributed by atoms with Gasteiger partial charge in [0, 0.05) is 22.8 Å². The van der Waals surface area contributed by atoms with Gasteiger partial charge < -0.3 is 11.1 Å². The van der Waals surface area contributed by atoms with Crippen LogP contribution in [0.15, 0.2) is 35.8 Å². The van der Waals surface area contributed by atoms with Gasteiger partial charge in [-0.05, 0) is 38.2 Å². The average Bonchev–Trinajstić information content (AvgIpc) is 3.00. The van der Waals surface area contributed by atoms with E-state index in [1.54, 1.807) is 41.8 Å². The molecule has 1 atom stereocenters. The van der Waals surface area contributed by atoms with Crippen LogP contribution in [0.3, 0.4) is 0 Å². The number of aromatic nitrogens is 1. The summed E-state index contributed by atoms with van der Waals surface area (Å²) in [5.74, 6) is -0.618. The first-order chi connectivity index (χ1) is 10.5. The maximum absolute atomic E-state index is 12.1. The molecule has 3 N–H and O–H groups in total. The van der Waals surface area contributed by atoms with Crippen molar-refractivity contribution in [3.63, 3.8) is 0 Å². The van der Waals surface area contributed by atoms with E-state index in [1.165, 1.54) is 0 Å². The molecule has 0 saturated heterocycles. The zero-order valence-electron chi connectivity index (χ0n) is 12.4. The highest BCUT2D eigenvalue weighted by atomic mass is 32.1. The van der Waals surface area contributed by atoms with Gasteiger partial charge in [0.05, 0.1) is 12.6 Å². The summed E-state index contributed by atoms with van der Waals surface area (Å²) in [4.78, 5) is 29.2. The molecule has 2 rings (SSSR count). The van der Waals surface area contributed by atoms with Gasteiger partial charge in [0.1, 0.15) is 5.01 Å². The van der Waals surface area contributed by atoms with Gasteiger partial charge in [0.15, 0.2) is 0 Å².